The van der Waals surface area contributed by atoms with Crippen molar-refractivity contribution in [3.05, 3.63) is 35.9 Å². The summed E-state index contributed by atoms with van der Waals surface area (Å²) in [4.78, 5) is 61.1. The molecule has 0 radical (unpaired) electrons. The monoisotopic (exact) mass is 520 g/mol. The first-order chi connectivity index (χ1) is 17.5. The maximum absolute atomic E-state index is 12.9. The molecule has 204 valence electrons. The normalized spacial score (nSPS) is 17.9. The maximum atomic E-state index is 12.9. The number of esters is 1. The standard InChI is InChI=1S/C25H36N4O8/c1-5-36-25(35)21-20(37-21)24(34)29(14-18(30)31)28-22(32)16(4)27-23(33)19(15(2)3)26-13-9-12-17-10-7-6-8-11-17/h6-8,10-11,15-16,19-21,26H,5,9,12-14H2,1-4H3,(H,27,33)(H,28,32)(H,30,31)/t16-,19-,20-,21-/m0/s1. The molecule has 0 aliphatic carbocycles. The third kappa shape index (κ3) is 9.47. The number of carboxylic acids is 1. The summed E-state index contributed by atoms with van der Waals surface area (Å²) < 4.78 is 9.78. The summed E-state index contributed by atoms with van der Waals surface area (Å²) >= 11 is 0. The second-order valence-corrected chi connectivity index (χ2v) is 9.02. The Bertz CT molecular complexity index is 955. The molecule has 0 saturated carbocycles. The van der Waals surface area contributed by atoms with Crippen molar-refractivity contribution < 1.29 is 38.6 Å². The minimum Gasteiger partial charge on any atom is -0.480 e. The van der Waals surface area contributed by atoms with Gasteiger partial charge in [-0.25, -0.2) is 9.80 Å². The molecule has 1 aliphatic heterocycles. The number of rotatable bonds is 14. The number of nitrogens with zero attached hydrogens (tertiary/aromatic N) is 1. The largest absolute Gasteiger partial charge is 0.480 e. The first-order valence-electron chi connectivity index (χ1n) is 12.3. The van der Waals surface area contributed by atoms with Gasteiger partial charge < -0.3 is 25.2 Å². The Hall–Kier alpha value is -3.51. The predicted octanol–water partition coefficient (Wildman–Crippen LogP) is 0.0130. The Morgan fingerprint density at radius 1 is 1.05 bits per heavy atom. The topological polar surface area (TPSA) is 167 Å². The van der Waals surface area contributed by atoms with Crippen molar-refractivity contribution in [2.75, 3.05) is 19.7 Å². The molecule has 37 heavy (non-hydrogen) atoms. The van der Waals surface area contributed by atoms with Crippen LogP contribution in [0.2, 0.25) is 0 Å². The van der Waals surface area contributed by atoms with Gasteiger partial charge in [-0.15, -0.1) is 0 Å². The highest BCUT2D eigenvalue weighted by Crippen LogP contribution is 2.25. The average molecular weight is 521 g/mol. The van der Waals surface area contributed by atoms with Crippen LogP contribution in [-0.2, 0) is 39.9 Å². The molecule has 12 heteroatoms. The Balaban J connectivity index is 1.89. The average Bonchev–Trinajstić information content (AvgIpc) is 3.64. The van der Waals surface area contributed by atoms with Crippen molar-refractivity contribution in [2.45, 2.75) is 64.8 Å². The molecule has 1 saturated heterocycles. The maximum Gasteiger partial charge on any atom is 0.338 e. The zero-order valence-corrected chi connectivity index (χ0v) is 21.6. The van der Waals surface area contributed by atoms with Gasteiger partial charge in [0.05, 0.1) is 12.6 Å². The summed E-state index contributed by atoms with van der Waals surface area (Å²) in [5, 5.41) is 15.5. The van der Waals surface area contributed by atoms with E-state index < -0.39 is 60.5 Å². The lowest BCUT2D eigenvalue weighted by Crippen LogP contribution is -2.58. The minimum absolute atomic E-state index is 0.0658. The van der Waals surface area contributed by atoms with Gasteiger partial charge in [0.15, 0.2) is 12.2 Å². The second kappa shape index (κ2) is 14.3. The SMILES string of the molecule is CCOC(=O)[C@H]1O[C@@H]1C(=O)N(CC(=O)O)NC(=O)[C@H](C)NC(=O)[C@@H](NCCCc1ccccc1)C(C)C. The highest BCUT2D eigenvalue weighted by Gasteiger charge is 2.53. The van der Waals surface area contributed by atoms with Crippen LogP contribution in [-0.4, -0.2) is 83.8 Å². The van der Waals surface area contributed by atoms with Gasteiger partial charge in [0.2, 0.25) is 5.91 Å². The minimum atomic E-state index is -1.39. The summed E-state index contributed by atoms with van der Waals surface area (Å²) in [7, 11) is 0. The van der Waals surface area contributed by atoms with Gasteiger partial charge in [-0.05, 0) is 44.7 Å². The molecule has 1 aliphatic rings. The lowest BCUT2D eigenvalue weighted by atomic mass is 10.0. The number of carboxylic acid groups (broad SMARTS) is 1. The lowest BCUT2D eigenvalue weighted by molar-refractivity contribution is -0.151. The molecule has 1 aromatic carbocycles. The molecule has 0 aromatic heterocycles. The summed E-state index contributed by atoms with van der Waals surface area (Å²) in [6.45, 7) is 6.58. The van der Waals surface area contributed by atoms with E-state index >= 15 is 0 Å². The first-order valence-corrected chi connectivity index (χ1v) is 12.3. The zero-order chi connectivity index (χ0) is 27.5. The molecule has 1 aromatic rings. The molecular weight excluding hydrogens is 484 g/mol. The molecule has 3 amide bonds. The zero-order valence-electron chi connectivity index (χ0n) is 21.6. The van der Waals surface area contributed by atoms with Gasteiger partial charge in [0, 0.05) is 0 Å². The molecular formula is C25H36N4O8. The molecule has 4 atom stereocenters. The van der Waals surface area contributed by atoms with E-state index in [0.717, 1.165) is 12.8 Å². The Morgan fingerprint density at radius 3 is 2.32 bits per heavy atom. The quantitative estimate of drug-likeness (QED) is 0.114. The number of benzene rings is 1. The molecule has 1 heterocycles. The summed E-state index contributed by atoms with van der Waals surface area (Å²) in [5.41, 5.74) is 3.40. The number of hydrogen-bond acceptors (Lipinski definition) is 8. The van der Waals surface area contributed by atoms with E-state index in [1.165, 1.54) is 12.5 Å². The van der Waals surface area contributed by atoms with Crippen molar-refractivity contribution in [1.29, 1.82) is 0 Å². The number of nitrogens with one attached hydrogen (secondary N) is 3. The van der Waals surface area contributed by atoms with E-state index in [1.54, 1.807) is 6.92 Å². The summed E-state index contributed by atoms with van der Waals surface area (Å²) in [6, 6.07) is 8.34. The fourth-order valence-corrected chi connectivity index (χ4v) is 3.59. The molecule has 12 nitrogen and oxygen atoms in total. The number of epoxide rings is 1. The van der Waals surface area contributed by atoms with Crippen LogP contribution in [0.3, 0.4) is 0 Å². The van der Waals surface area contributed by atoms with E-state index in [4.69, 9.17) is 14.6 Å². The van der Waals surface area contributed by atoms with E-state index in [-0.39, 0.29) is 12.5 Å². The Morgan fingerprint density at radius 2 is 1.73 bits per heavy atom. The van der Waals surface area contributed by atoms with Crippen molar-refractivity contribution >= 4 is 29.7 Å². The van der Waals surface area contributed by atoms with E-state index in [1.807, 2.05) is 44.2 Å². The number of aryl methyl sites for hydroxylation is 1. The highest BCUT2D eigenvalue weighted by molar-refractivity contribution is 5.96. The van der Waals surface area contributed by atoms with Gasteiger partial charge in [-0.3, -0.25) is 24.6 Å². The van der Waals surface area contributed by atoms with Crippen molar-refractivity contribution in [1.82, 2.24) is 21.1 Å². The third-order valence-electron chi connectivity index (χ3n) is 5.61. The van der Waals surface area contributed by atoms with Gasteiger partial charge in [0.1, 0.15) is 12.6 Å². The fourth-order valence-electron chi connectivity index (χ4n) is 3.59. The number of hydrogen-bond donors (Lipinski definition) is 4. The first kappa shape index (κ1) is 29.7. The molecule has 0 spiro atoms. The van der Waals surface area contributed by atoms with Crippen LogP contribution < -0.4 is 16.1 Å². The van der Waals surface area contributed by atoms with Crippen LogP contribution in [0.4, 0.5) is 0 Å². The van der Waals surface area contributed by atoms with Crippen molar-refractivity contribution in [2.24, 2.45) is 5.92 Å². The third-order valence-corrected chi connectivity index (χ3v) is 5.61. The number of amides is 3. The highest BCUT2D eigenvalue weighted by atomic mass is 16.6. The molecule has 2 rings (SSSR count). The lowest BCUT2D eigenvalue weighted by Gasteiger charge is -2.26. The van der Waals surface area contributed by atoms with Crippen LogP contribution in [0.5, 0.6) is 0 Å². The summed E-state index contributed by atoms with van der Waals surface area (Å²) in [6.07, 6.45) is -0.737. The number of ether oxygens (including phenoxy) is 2. The summed E-state index contributed by atoms with van der Waals surface area (Å²) in [5.74, 6) is -4.32. The smallest absolute Gasteiger partial charge is 0.338 e. The number of carbonyl (C=O) groups excluding carboxylic acids is 4. The van der Waals surface area contributed by atoms with Gasteiger partial charge in [0.25, 0.3) is 11.8 Å². The van der Waals surface area contributed by atoms with E-state index in [9.17, 15) is 24.0 Å². The van der Waals surface area contributed by atoms with Gasteiger partial charge >= 0.3 is 11.9 Å². The van der Waals surface area contributed by atoms with Crippen molar-refractivity contribution in [3.8, 4) is 0 Å². The van der Waals surface area contributed by atoms with Gasteiger partial charge in [-0.2, -0.15) is 0 Å². The number of carbonyl (C=O) groups is 5. The van der Waals surface area contributed by atoms with Crippen LogP contribution in [0.1, 0.15) is 39.7 Å². The van der Waals surface area contributed by atoms with E-state index in [2.05, 4.69) is 16.1 Å². The predicted molar refractivity (Wildman–Crippen MR) is 132 cm³/mol. The molecule has 1 fully saturated rings. The van der Waals surface area contributed by atoms with Crippen LogP contribution >= 0.6 is 0 Å². The molecule has 0 unspecified atom stereocenters. The fraction of sp³-hybridized carbons (Fsp3) is 0.560. The number of aliphatic carboxylic acids is 1. The number of hydrazine groups is 1. The molecule has 0 bridgehead atoms. The van der Waals surface area contributed by atoms with Gasteiger partial charge in [-0.1, -0.05) is 44.2 Å². The Labute approximate surface area is 216 Å². The van der Waals surface area contributed by atoms with E-state index in [0.29, 0.717) is 11.6 Å². The van der Waals surface area contributed by atoms with Crippen molar-refractivity contribution in [3.63, 3.8) is 0 Å². The second-order valence-electron chi connectivity index (χ2n) is 9.02. The van der Waals surface area contributed by atoms with Crippen LogP contribution in [0, 0.1) is 5.92 Å². The Kier molecular flexibility index (Phi) is 11.5. The molecule has 4 N–H and O–H groups in total. The van der Waals surface area contributed by atoms with Crippen LogP contribution in [0.15, 0.2) is 30.3 Å². The van der Waals surface area contributed by atoms with Crippen LogP contribution in [0.25, 0.3) is 0 Å².